The van der Waals surface area contributed by atoms with E-state index in [9.17, 15) is 5.11 Å². The summed E-state index contributed by atoms with van der Waals surface area (Å²) in [7, 11) is 1.68. The zero-order chi connectivity index (χ0) is 24.5. The second-order valence-corrected chi connectivity index (χ2v) is 9.61. The van der Waals surface area contributed by atoms with E-state index in [0.29, 0.717) is 12.4 Å². The standard InChI is InChI=1S/C31H31NO4/c1-34-25-11-14-26-22(19-25)7-12-28-27-13-8-23(33)20-29(27)36-31(30(26)28)21-5-9-24(10-6-21)35-18-17-32-15-3-2-4-16-32/h5-14,19-20,31,33H,2-4,15-18H2,1H3. The summed E-state index contributed by atoms with van der Waals surface area (Å²) in [6.45, 7) is 4.02. The van der Waals surface area contributed by atoms with Crippen LogP contribution in [0.25, 0.3) is 21.9 Å². The first-order valence-corrected chi connectivity index (χ1v) is 12.8. The fourth-order valence-corrected chi connectivity index (χ4v) is 5.44. The Hall–Kier alpha value is -3.70. The summed E-state index contributed by atoms with van der Waals surface area (Å²) in [4.78, 5) is 2.48. The zero-order valence-corrected chi connectivity index (χ0v) is 20.6. The van der Waals surface area contributed by atoms with Crippen molar-refractivity contribution in [2.45, 2.75) is 25.4 Å². The van der Waals surface area contributed by atoms with Gasteiger partial charge in [-0.15, -0.1) is 0 Å². The van der Waals surface area contributed by atoms with Gasteiger partial charge >= 0.3 is 0 Å². The Morgan fingerprint density at radius 2 is 1.64 bits per heavy atom. The number of likely N-dealkylation sites (tertiary alicyclic amines) is 1. The monoisotopic (exact) mass is 481 g/mol. The van der Waals surface area contributed by atoms with Crippen LogP contribution >= 0.6 is 0 Å². The van der Waals surface area contributed by atoms with Crippen molar-refractivity contribution in [1.29, 1.82) is 0 Å². The Morgan fingerprint density at radius 1 is 0.861 bits per heavy atom. The molecular formula is C31H31NO4. The van der Waals surface area contributed by atoms with Gasteiger partial charge in [0.1, 0.15) is 29.6 Å². The van der Waals surface area contributed by atoms with Gasteiger partial charge in [-0.1, -0.05) is 36.8 Å². The largest absolute Gasteiger partial charge is 0.508 e. The van der Waals surface area contributed by atoms with Crippen molar-refractivity contribution < 1.29 is 19.3 Å². The third-order valence-corrected chi connectivity index (χ3v) is 7.34. The fraction of sp³-hybridized carbons (Fsp3) is 0.290. The van der Waals surface area contributed by atoms with Gasteiger partial charge in [-0.3, -0.25) is 4.90 Å². The molecule has 0 saturated carbocycles. The Kier molecular flexibility index (Phi) is 6.16. The van der Waals surface area contributed by atoms with Crippen molar-refractivity contribution in [3.05, 3.63) is 83.9 Å². The Balaban J connectivity index is 1.32. The number of rotatable bonds is 6. The summed E-state index contributed by atoms with van der Waals surface area (Å²) in [6, 6.07) is 24.0. The van der Waals surface area contributed by atoms with E-state index in [1.165, 1.54) is 32.4 Å². The average Bonchev–Trinajstić information content (AvgIpc) is 2.92. The number of phenolic OH excluding ortho intramolecular Hbond substituents is 1. The molecule has 1 saturated heterocycles. The smallest absolute Gasteiger partial charge is 0.150 e. The lowest BCUT2D eigenvalue weighted by atomic mass is 9.86. The molecule has 1 atom stereocenters. The second-order valence-electron chi connectivity index (χ2n) is 9.61. The number of methoxy groups -OCH3 is 1. The highest BCUT2D eigenvalue weighted by Crippen LogP contribution is 2.48. The highest BCUT2D eigenvalue weighted by Gasteiger charge is 2.29. The van der Waals surface area contributed by atoms with Gasteiger partial charge in [0.15, 0.2) is 6.10 Å². The van der Waals surface area contributed by atoms with Crippen molar-refractivity contribution >= 4 is 10.8 Å². The highest BCUT2D eigenvalue weighted by atomic mass is 16.5. The van der Waals surface area contributed by atoms with E-state index in [1.807, 2.05) is 24.3 Å². The van der Waals surface area contributed by atoms with Gasteiger partial charge in [-0.25, -0.2) is 0 Å². The van der Waals surface area contributed by atoms with Gasteiger partial charge < -0.3 is 19.3 Å². The number of phenols is 1. The van der Waals surface area contributed by atoms with Gasteiger partial charge in [-0.05, 0) is 84.2 Å². The minimum Gasteiger partial charge on any atom is -0.508 e. The molecule has 1 fully saturated rings. The predicted molar refractivity (Wildman–Crippen MR) is 142 cm³/mol. The average molecular weight is 482 g/mol. The number of hydrogen-bond acceptors (Lipinski definition) is 5. The number of fused-ring (bicyclic) bond motifs is 5. The summed E-state index contributed by atoms with van der Waals surface area (Å²) < 4.78 is 18.1. The van der Waals surface area contributed by atoms with Gasteiger partial charge in [0.05, 0.1) is 7.11 Å². The van der Waals surface area contributed by atoms with Crippen molar-refractivity contribution in [2.75, 3.05) is 33.4 Å². The summed E-state index contributed by atoms with van der Waals surface area (Å²) in [5, 5.41) is 12.3. The maximum atomic E-state index is 10.1. The van der Waals surface area contributed by atoms with Crippen LogP contribution in [0.15, 0.2) is 72.8 Å². The fourth-order valence-electron chi connectivity index (χ4n) is 5.44. The van der Waals surface area contributed by atoms with Crippen LogP contribution in [0.2, 0.25) is 0 Å². The predicted octanol–water partition coefficient (Wildman–Crippen LogP) is 6.57. The number of ether oxygens (including phenoxy) is 3. The van der Waals surface area contributed by atoms with E-state index in [-0.39, 0.29) is 11.9 Å². The summed E-state index contributed by atoms with van der Waals surface area (Å²) in [5.74, 6) is 2.57. The lowest BCUT2D eigenvalue weighted by Crippen LogP contribution is -2.33. The third-order valence-electron chi connectivity index (χ3n) is 7.34. The topological polar surface area (TPSA) is 51.2 Å². The molecule has 4 aromatic carbocycles. The molecule has 0 amide bonds. The lowest BCUT2D eigenvalue weighted by Gasteiger charge is -2.30. The number of nitrogens with zero attached hydrogens (tertiary/aromatic N) is 1. The minimum atomic E-state index is -0.311. The second kappa shape index (κ2) is 9.75. The number of piperidine rings is 1. The van der Waals surface area contributed by atoms with Gasteiger partial charge in [-0.2, -0.15) is 0 Å². The molecule has 4 aromatic rings. The van der Waals surface area contributed by atoms with E-state index >= 15 is 0 Å². The first-order valence-electron chi connectivity index (χ1n) is 12.8. The molecule has 0 radical (unpaired) electrons. The maximum absolute atomic E-state index is 10.1. The van der Waals surface area contributed by atoms with Crippen LogP contribution < -0.4 is 14.2 Å². The molecule has 2 aliphatic heterocycles. The van der Waals surface area contributed by atoms with Crippen molar-refractivity contribution in [3.8, 4) is 34.1 Å². The van der Waals surface area contributed by atoms with Gasteiger partial charge in [0, 0.05) is 23.7 Å². The molecule has 0 bridgehead atoms. The molecule has 184 valence electrons. The minimum absolute atomic E-state index is 0.193. The molecule has 2 aliphatic rings. The van der Waals surface area contributed by atoms with Crippen LogP contribution in [0, 0.1) is 0 Å². The molecule has 36 heavy (non-hydrogen) atoms. The Labute approximate surface area is 211 Å². The molecule has 6 rings (SSSR count). The van der Waals surface area contributed by atoms with E-state index in [0.717, 1.165) is 51.1 Å². The summed E-state index contributed by atoms with van der Waals surface area (Å²) in [5.41, 5.74) is 4.25. The lowest BCUT2D eigenvalue weighted by molar-refractivity contribution is 0.183. The van der Waals surface area contributed by atoms with Crippen LogP contribution in [0.3, 0.4) is 0 Å². The van der Waals surface area contributed by atoms with Crippen LogP contribution in [0.1, 0.15) is 36.5 Å². The molecule has 0 aromatic heterocycles. The van der Waals surface area contributed by atoms with E-state index in [2.05, 4.69) is 41.3 Å². The first kappa shape index (κ1) is 22.7. The molecule has 0 spiro atoms. The summed E-state index contributed by atoms with van der Waals surface area (Å²) >= 11 is 0. The third kappa shape index (κ3) is 4.35. The number of benzene rings is 4. The van der Waals surface area contributed by atoms with Crippen molar-refractivity contribution in [2.24, 2.45) is 0 Å². The number of aromatic hydroxyl groups is 1. The molecule has 5 nitrogen and oxygen atoms in total. The maximum Gasteiger partial charge on any atom is 0.150 e. The molecule has 1 unspecified atom stereocenters. The molecule has 5 heteroatoms. The van der Waals surface area contributed by atoms with Crippen LogP contribution in [-0.2, 0) is 0 Å². The van der Waals surface area contributed by atoms with Crippen molar-refractivity contribution in [1.82, 2.24) is 4.90 Å². The zero-order valence-electron chi connectivity index (χ0n) is 20.6. The van der Waals surface area contributed by atoms with E-state index in [4.69, 9.17) is 14.2 Å². The van der Waals surface area contributed by atoms with E-state index in [1.54, 1.807) is 19.2 Å². The Morgan fingerprint density at radius 3 is 2.44 bits per heavy atom. The molecular weight excluding hydrogens is 450 g/mol. The van der Waals surface area contributed by atoms with Gasteiger partial charge in [0.2, 0.25) is 0 Å². The molecule has 0 aliphatic carbocycles. The number of hydrogen-bond donors (Lipinski definition) is 1. The van der Waals surface area contributed by atoms with Crippen molar-refractivity contribution in [3.63, 3.8) is 0 Å². The van der Waals surface area contributed by atoms with Gasteiger partial charge in [0.25, 0.3) is 0 Å². The van der Waals surface area contributed by atoms with Crippen LogP contribution in [0.5, 0.6) is 23.0 Å². The first-order chi connectivity index (χ1) is 17.7. The normalized spacial score (nSPS) is 17.2. The summed E-state index contributed by atoms with van der Waals surface area (Å²) in [6.07, 6.45) is 3.62. The quantitative estimate of drug-likeness (QED) is 0.338. The molecule has 2 heterocycles. The SMILES string of the molecule is COc1ccc2c3c(ccc2c1)-c1ccc(O)cc1OC3c1ccc(OCCN2CCCCC2)cc1. The van der Waals surface area contributed by atoms with Crippen LogP contribution in [-0.4, -0.2) is 43.4 Å². The Bertz CT molecular complexity index is 1380. The van der Waals surface area contributed by atoms with E-state index < -0.39 is 0 Å². The van der Waals surface area contributed by atoms with Crippen LogP contribution in [0.4, 0.5) is 0 Å². The highest BCUT2D eigenvalue weighted by molar-refractivity contribution is 5.95. The molecule has 1 N–H and O–H groups in total.